The van der Waals surface area contributed by atoms with Gasteiger partial charge in [-0.3, -0.25) is 9.69 Å². The van der Waals surface area contributed by atoms with E-state index >= 15 is 0 Å². The first-order valence-corrected chi connectivity index (χ1v) is 6.54. The number of hydrogen-bond acceptors (Lipinski definition) is 3. The molecular formula is C15H21NO2. The van der Waals surface area contributed by atoms with Crippen LogP contribution in [0.5, 0.6) is 5.75 Å². The smallest absolute Gasteiger partial charge is 0.179 e. The van der Waals surface area contributed by atoms with Crippen molar-refractivity contribution in [3.05, 3.63) is 29.8 Å². The Balaban J connectivity index is 2.05. The lowest BCUT2D eigenvalue weighted by atomic mass is 10.0. The maximum atomic E-state index is 12.4. The molecule has 1 aromatic rings. The second-order valence-electron chi connectivity index (χ2n) is 5.16. The van der Waals surface area contributed by atoms with E-state index in [1.54, 1.807) is 7.11 Å². The SMILES string of the molecule is COc1ccc(C(=O)C(C)N2CCC(C)C2)cc1. The molecule has 0 N–H and O–H groups in total. The van der Waals surface area contributed by atoms with E-state index in [0.29, 0.717) is 5.92 Å². The fourth-order valence-electron chi connectivity index (χ4n) is 2.48. The fourth-order valence-corrected chi connectivity index (χ4v) is 2.48. The minimum Gasteiger partial charge on any atom is -0.497 e. The maximum Gasteiger partial charge on any atom is 0.179 e. The number of rotatable bonds is 4. The van der Waals surface area contributed by atoms with E-state index in [2.05, 4.69) is 11.8 Å². The Morgan fingerprint density at radius 2 is 2.06 bits per heavy atom. The summed E-state index contributed by atoms with van der Waals surface area (Å²) in [6.45, 7) is 6.31. The summed E-state index contributed by atoms with van der Waals surface area (Å²) in [6.07, 6.45) is 1.19. The van der Waals surface area contributed by atoms with E-state index in [4.69, 9.17) is 4.74 Å². The van der Waals surface area contributed by atoms with Gasteiger partial charge in [0, 0.05) is 12.1 Å². The van der Waals surface area contributed by atoms with Crippen molar-refractivity contribution in [2.45, 2.75) is 26.3 Å². The number of methoxy groups -OCH3 is 1. The first-order chi connectivity index (χ1) is 8.61. The molecule has 18 heavy (non-hydrogen) atoms. The van der Waals surface area contributed by atoms with E-state index in [1.807, 2.05) is 31.2 Å². The Morgan fingerprint density at radius 3 is 2.56 bits per heavy atom. The zero-order valence-electron chi connectivity index (χ0n) is 11.3. The molecule has 2 rings (SSSR count). The van der Waals surface area contributed by atoms with E-state index in [1.165, 1.54) is 6.42 Å². The predicted octanol–water partition coefficient (Wildman–Crippen LogP) is 2.61. The zero-order chi connectivity index (χ0) is 13.1. The second-order valence-corrected chi connectivity index (χ2v) is 5.16. The number of hydrogen-bond donors (Lipinski definition) is 0. The van der Waals surface area contributed by atoms with Crippen molar-refractivity contribution in [2.75, 3.05) is 20.2 Å². The van der Waals surface area contributed by atoms with Gasteiger partial charge < -0.3 is 4.74 Å². The van der Waals surface area contributed by atoms with Gasteiger partial charge in [0.1, 0.15) is 5.75 Å². The van der Waals surface area contributed by atoms with Gasteiger partial charge in [0.25, 0.3) is 0 Å². The Hall–Kier alpha value is -1.35. The van der Waals surface area contributed by atoms with Crippen LogP contribution in [0.15, 0.2) is 24.3 Å². The molecule has 1 aliphatic rings. The first-order valence-electron chi connectivity index (χ1n) is 6.54. The van der Waals surface area contributed by atoms with Gasteiger partial charge in [-0.1, -0.05) is 6.92 Å². The van der Waals surface area contributed by atoms with Crippen LogP contribution in [0.25, 0.3) is 0 Å². The topological polar surface area (TPSA) is 29.5 Å². The van der Waals surface area contributed by atoms with Crippen LogP contribution < -0.4 is 4.74 Å². The van der Waals surface area contributed by atoms with Crippen LogP contribution in [-0.4, -0.2) is 36.9 Å². The molecule has 0 aliphatic carbocycles. The lowest BCUT2D eigenvalue weighted by Crippen LogP contribution is -2.37. The lowest BCUT2D eigenvalue weighted by molar-refractivity contribution is 0.0863. The minimum absolute atomic E-state index is 0.0247. The normalized spacial score (nSPS) is 21.8. The summed E-state index contributed by atoms with van der Waals surface area (Å²) in [7, 11) is 1.63. The third-order valence-corrected chi connectivity index (χ3v) is 3.76. The van der Waals surface area contributed by atoms with E-state index in [9.17, 15) is 4.79 Å². The van der Waals surface area contributed by atoms with Gasteiger partial charge in [-0.2, -0.15) is 0 Å². The lowest BCUT2D eigenvalue weighted by Gasteiger charge is -2.22. The van der Waals surface area contributed by atoms with Crippen LogP contribution >= 0.6 is 0 Å². The molecule has 1 fully saturated rings. The highest BCUT2D eigenvalue weighted by atomic mass is 16.5. The van der Waals surface area contributed by atoms with E-state index in [-0.39, 0.29) is 11.8 Å². The molecule has 1 saturated heterocycles. The molecule has 0 aromatic heterocycles. The van der Waals surface area contributed by atoms with Gasteiger partial charge in [-0.15, -0.1) is 0 Å². The molecule has 1 heterocycles. The summed E-state index contributed by atoms with van der Waals surface area (Å²) in [5.74, 6) is 1.69. The molecule has 3 nitrogen and oxygen atoms in total. The van der Waals surface area contributed by atoms with Crippen molar-refractivity contribution < 1.29 is 9.53 Å². The van der Waals surface area contributed by atoms with Crippen LogP contribution in [0, 0.1) is 5.92 Å². The summed E-state index contributed by atoms with van der Waals surface area (Å²) in [6, 6.07) is 7.34. The van der Waals surface area contributed by atoms with E-state index in [0.717, 1.165) is 24.4 Å². The van der Waals surface area contributed by atoms with Crippen molar-refractivity contribution in [1.29, 1.82) is 0 Å². The largest absolute Gasteiger partial charge is 0.497 e. The maximum absolute atomic E-state index is 12.4. The predicted molar refractivity (Wildman–Crippen MR) is 72.1 cm³/mol. The van der Waals surface area contributed by atoms with Crippen molar-refractivity contribution >= 4 is 5.78 Å². The molecule has 0 bridgehead atoms. The number of ether oxygens (including phenoxy) is 1. The molecule has 1 aliphatic heterocycles. The monoisotopic (exact) mass is 247 g/mol. The third-order valence-electron chi connectivity index (χ3n) is 3.76. The number of carbonyl (C=O) groups excluding carboxylic acids is 1. The van der Waals surface area contributed by atoms with Crippen LogP contribution in [0.3, 0.4) is 0 Å². The number of likely N-dealkylation sites (tertiary alicyclic amines) is 1. The molecule has 2 unspecified atom stereocenters. The molecular weight excluding hydrogens is 226 g/mol. The molecule has 0 saturated carbocycles. The number of carbonyl (C=O) groups is 1. The molecule has 0 spiro atoms. The molecule has 0 amide bonds. The number of nitrogens with zero attached hydrogens (tertiary/aromatic N) is 1. The van der Waals surface area contributed by atoms with Gasteiger partial charge in [0.2, 0.25) is 0 Å². The highest BCUT2D eigenvalue weighted by molar-refractivity contribution is 5.99. The Bertz CT molecular complexity index is 413. The number of benzene rings is 1. The second kappa shape index (κ2) is 5.53. The van der Waals surface area contributed by atoms with Crippen molar-refractivity contribution in [3.63, 3.8) is 0 Å². The Morgan fingerprint density at radius 1 is 1.39 bits per heavy atom. The quantitative estimate of drug-likeness (QED) is 0.766. The Labute approximate surface area is 109 Å². The van der Waals surface area contributed by atoms with Gasteiger partial charge in [-0.25, -0.2) is 0 Å². The van der Waals surface area contributed by atoms with Gasteiger partial charge in [-0.05, 0) is 50.1 Å². The molecule has 0 radical (unpaired) electrons. The van der Waals surface area contributed by atoms with Gasteiger partial charge in [0.15, 0.2) is 5.78 Å². The summed E-state index contributed by atoms with van der Waals surface area (Å²) >= 11 is 0. The standard InChI is InChI=1S/C15H21NO2/c1-11-8-9-16(10-11)12(2)15(17)13-4-6-14(18-3)7-5-13/h4-7,11-12H,8-10H2,1-3H3. The zero-order valence-corrected chi connectivity index (χ0v) is 11.3. The average Bonchev–Trinajstić information content (AvgIpc) is 2.84. The first kappa shape index (κ1) is 13.1. The van der Waals surface area contributed by atoms with E-state index < -0.39 is 0 Å². The van der Waals surface area contributed by atoms with Crippen molar-refractivity contribution in [2.24, 2.45) is 5.92 Å². The molecule has 98 valence electrons. The summed E-state index contributed by atoms with van der Waals surface area (Å²) in [5.41, 5.74) is 0.767. The number of Topliss-reactive ketones (excluding diaryl/α,β-unsaturated/α-hetero) is 1. The third kappa shape index (κ3) is 2.72. The van der Waals surface area contributed by atoms with Gasteiger partial charge in [0.05, 0.1) is 13.2 Å². The van der Waals surface area contributed by atoms with Crippen LogP contribution in [0.1, 0.15) is 30.6 Å². The Kier molecular flexibility index (Phi) is 4.02. The fraction of sp³-hybridized carbons (Fsp3) is 0.533. The van der Waals surface area contributed by atoms with Crippen LogP contribution in [0.4, 0.5) is 0 Å². The van der Waals surface area contributed by atoms with Crippen molar-refractivity contribution in [3.8, 4) is 5.75 Å². The molecule has 3 heteroatoms. The average molecular weight is 247 g/mol. The summed E-state index contributed by atoms with van der Waals surface area (Å²) < 4.78 is 5.10. The molecule has 1 aromatic carbocycles. The molecule has 2 atom stereocenters. The minimum atomic E-state index is -0.0247. The van der Waals surface area contributed by atoms with Crippen LogP contribution in [-0.2, 0) is 0 Å². The van der Waals surface area contributed by atoms with Crippen LogP contribution in [0.2, 0.25) is 0 Å². The van der Waals surface area contributed by atoms with Gasteiger partial charge >= 0.3 is 0 Å². The van der Waals surface area contributed by atoms with Crippen molar-refractivity contribution in [1.82, 2.24) is 4.90 Å². The summed E-state index contributed by atoms with van der Waals surface area (Å²) in [5, 5.41) is 0. The highest BCUT2D eigenvalue weighted by Crippen LogP contribution is 2.20. The highest BCUT2D eigenvalue weighted by Gasteiger charge is 2.27. The number of ketones is 1. The summed E-state index contributed by atoms with van der Waals surface area (Å²) in [4.78, 5) is 14.6.